The number of esters is 1. The number of rotatable bonds is 7. The maximum absolute atomic E-state index is 11.4. The normalized spacial score (nSPS) is 11.9. The van der Waals surface area contributed by atoms with Gasteiger partial charge in [0.15, 0.2) is 0 Å². The van der Waals surface area contributed by atoms with E-state index in [0.29, 0.717) is 6.61 Å². The molecule has 3 nitrogen and oxygen atoms in total. The molecule has 1 aromatic rings. The fourth-order valence-electron chi connectivity index (χ4n) is 1.52. The van der Waals surface area contributed by atoms with Crippen molar-refractivity contribution in [2.75, 3.05) is 0 Å². The van der Waals surface area contributed by atoms with Crippen LogP contribution in [-0.2, 0) is 16.1 Å². The summed E-state index contributed by atoms with van der Waals surface area (Å²) in [6.07, 6.45) is 6.22. The molecule has 2 N–H and O–H groups in total. The average Bonchev–Trinajstić information content (AvgIpc) is 2.41. The van der Waals surface area contributed by atoms with Gasteiger partial charge in [-0.1, -0.05) is 56.2 Å². The summed E-state index contributed by atoms with van der Waals surface area (Å²) in [4.78, 5) is 11.4. The first kappa shape index (κ1) is 17.7. The zero-order valence-corrected chi connectivity index (χ0v) is 12.1. The van der Waals surface area contributed by atoms with Gasteiger partial charge in [-0.25, -0.2) is 4.79 Å². The van der Waals surface area contributed by atoms with Gasteiger partial charge in [0.25, 0.3) is 0 Å². The largest absolute Gasteiger partial charge is 0.458 e. The zero-order chi connectivity index (χ0) is 13.2. The number of hydrogen-bond donors (Lipinski definition) is 1. The highest BCUT2D eigenvalue weighted by molar-refractivity contribution is 5.85. The number of ether oxygens (including phenoxy) is 1. The van der Waals surface area contributed by atoms with E-state index in [4.69, 9.17) is 10.5 Å². The van der Waals surface area contributed by atoms with Gasteiger partial charge in [0, 0.05) is 12.1 Å². The zero-order valence-electron chi connectivity index (χ0n) is 11.2. The van der Waals surface area contributed by atoms with Crippen molar-refractivity contribution in [2.45, 2.75) is 38.8 Å². The number of halogens is 1. The van der Waals surface area contributed by atoms with Gasteiger partial charge in [-0.05, 0) is 12.0 Å². The number of benzene rings is 1. The van der Waals surface area contributed by atoms with Crippen LogP contribution in [0.15, 0.2) is 42.5 Å². The fraction of sp³-hybridized carbons (Fsp3) is 0.400. The van der Waals surface area contributed by atoms with Crippen molar-refractivity contribution >= 4 is 18.4 Å². The fourth-order valence-corrected chi connectivity index (χ4v) is 1.52. The Morgan fingerprint density at radius 3 is 2.68 bits per heavy atom. The summed E-state index contributed by atoms with van der Waals surface area (Å²) in [6.45, 7) is 2.42. The second-order valence-electron chi connectivity index (χ2n) is 4.26. The highest BCUT2D eigenvalue weighted by Gasteiger charge is 2.00. The monoisotopic (exact) mass is 283 g/mol. The molecule has 4 heteroatoms. The minimum absolute atomic E-state index is 0. The highest BCUT2D eigenvalue weighted by atomic mass is 35.5. The van der Waals surface area contributed by atoms with Crippen LogP contribution in [0.3, 0.4) is 0 Å². The standard InChI is InChI=1S/C15H21NO2.ClH/c1-2-3-9-14(16)10-11-15(17)18-12-13-7-5-4-6-8-13;/h4-8,10-11,14H,2-3,9,12,16H2,1H3;1H/t14-;/m0./s1. The topological polar surface area (TPSA) is 52.3 Å². The molecule has 0 amide bonds. The predicted octanol–water partition coefficient (Wildman–Crippen LogP) is 3.23. The third-order valence-electron chi connectivity index (χ3n) is 2.59. The lowest BCUT2D eigenvalue weighted by atomic mass is 10.1. The Balaban J connectivity index is 0.00000324. The molecule has 0 saturated heterocycles. The second-order valence-corrected chi connectivity index (χ2v) is 4.26. The summed E-state index contributed by atoms with van der Waals surface area (Å²) in [5.74, 6) is -0.342. The Labute approximate surface area is 121 Å². The molecule has 0 aliphatic rings. The Morgan fingerprint density at radius 1 is 1.37 bits per heavy atom. The van der Waals surface area contributed by atoms with Gasteiger partial charge in [0.1, 0.15) is 6.61 Å². The lowest BCUT2D eigenvalue weighted by Gasteiger charge is -2.05. The molecule has 0 bridgehead atoms. The van der Waals surface area contributed by atoms with Crippen molar-refractivity contribution < 1.29 is 9.53 Å². The summed E-state index contributed by atoms with van der Waals surface area (Å²) in [6, 6.07) is 9.54. The first-order valence-corrected chi connectivity index (χ1v) is 6.37. The quantitative estimate of drug-likeness (QED) is 0.617. The molecule has 19 heavy (non-hydrogen) atoms. The van der Waals surface area contributed by atoms with Crippen molar-refractivity contribution in [3.05, 3.63) is 48.0 Å². The number of carbonyl (C=O) groups is 1. The molecule has 0 heterocycles. The summed E-state index contributed by atoms with van der Waals surface area (Å²) in [5, 5.41) is 0. The van der Waals surface area contributed by atoms with E-state index >= 15 is 0 Å². The minimum Gasteiger partial charge on any atom is -0.458 e. The van der Waals surface area contributed by atoms with E-state index < -0.39 is 0 Å². The van der Waals surface area contributed by atoms with Crippen LogP contribution in [0.1, 0.15) is 31.7 Å². The van der Waals surface area contributed by atoms with E-state index in [-0.39, 0.29) is 24.4 Å². The van der Waals surface area contributed by atoms with Crippen molar-refractivity contribution in [2.24, 2.45) is 5.73 Å². The maximum atomic E-state index is 11.4. The summed E-state index contributed by atoms with van der Waals surface area (Å²) >= 11 is 0. The number of nitrogens with two attached hydrogens (primary N) is 1. The van der Waals surface area contributed by atoms with Crippen molar-refractivity contribution in [1.82, 2.24) is 0 Å². The van der Waals surface area contributed by atoms with Crippen LogP contribution in [-0.4, -0.2) is 12.0 Å². The lowest BCUT2D eigenvalue weighted by molar-refractivity contribution is -0.139. The Morgan fingerprint density at radius 2 is 2.05 bits per heavy atom. The van der Waals surface area contributed by atoms with Crippen LogP contribution in [0.5, 0.6) is 0 Å². The molecule has 1 aromatic carbocycles. The Bertz CT molecular complexity index is 379. The molecule has 0 saturated carbocycles. The van der Waals surface area contributed by atoms with E-state index in [1.165, 1.54) is 6.08 Å². The molecule has 0 aromatic heterocycles. The van der Waals surface area contributed by atoms with Crippen LogP contribution in [0.2, 0.25) is 0 Å². The van der Waals surface area contributed by atoms with Gasteiger partial charge >= 0.3 is 5.97 Å². The van der Waals surface area contributed by atoms with Crippen molar-refractivity contribution in [3.8, 4) is 0 Å². The Hall–Kier alpha value is -1.32. The van der Waals surface area contributed by atoms with E-state index in [1.807, 2.05) is 30.3 Å². The van der Waals surface area contributed by atoms with Gasteiger partial charge in [-0.3, -0.25) is 0 Å². The molecule has 0 aliphatic carbocycles. The van der Waals surface area contributed by atoms with Gasteiger partial charge < -0.3 is 10.5 Å². The molecule has 106 valence electrons. The molecule has 0 spiro atoms. The van der Waals surface area contributed by atoms with E-state index in [0.717, 1.165) is 24.8 Å². The number of hydrogen-bond acceptors (Lipinski definition) is 3. The lowest BCUT2D eigenvalue weighted by Crippen LogP contribution is -2.17. The highest BCUT2D eigenvalue weighted by Crippen LogP contribution is 2.02. The van der Waals surface area contributed by atoms with Crippen LogP contribution in [0.4, 0.5) is 0 Å². The predicted molar refractivity (Wildman–Crippen MR) is 80.1 cm³/mol. The van der Waals surface area contributed by atoms with E-state index in [1.54, 1.807) is 6.08 Å². The van der Waals surface area contributed by atoms with Gasteiger partial charge in [0.2, 0.25) is 0 Å². The second kappa shape index (κ2) is 10.6. The third kappa shape index (κ3) is 8.41. The molecule has 1 atom stereocenters. The number of unbranched alkanes of at least 4 members (excludes halogenated alkanes) is 1. The maximum Gasteiger partial charge on any atom is 0.330 e. The van der Waals surface area contributed by atoms with Crippen LogP contribution in [0.25, 0.3) is 0 Å². The van der Waals surface area contributed by atoms with E-state index in [2.05, 4.69) is 6.92 Å². The summed E-state index contributed by atoms with van der Waals surface area (Å²) < 4.78 is 5.10. The number of carbonyl (C=O) groups excluding carboxylic acids is 1. The van der Waals surface area contributed by atoms with E-state index in [9.17, 15) is 4.79 Å². The van der Waals surface area contributed by atoms with Gasteiger partial charge in [-0.15, -0.1) is 12.4 Å². The molecule has 0 radical (unpaired) electrons. The molecular formula is C15H22ClNO2. The van der Waals surface area contributed by atoms with Crippen LogP contribution >= 0.6 is 12.4 Å². The third-order valence-corrected chi connectivity index (χ3v) is 2.59. The van der Waals surface area contributed by atoms with Crippen LogP contribution in [0, 0.1) is 0 Å². The minimum atomic E-state index is -0.342. The first-order valence-electron chi connectivity index (χ1n) is 6.37. The summed E-state index contributed by atoms with van der Waals surface area (Å²) in [7, 11) is 0. The Kier molecular flexibility index (Phi) is 9.85. The molecule has 0 fully saturated rings. The SMILES string of the molecule is CCCC[C@H](N)C=CC(=O)OCc1ccccc1.Cl. The molecular weight excluding hydrogens is 262 g/mol. The van der Waals surface area contributed by atoms with Gasteiger partial charge in [-0.2, -0.15) is 0 Å². The van der Waals surface area contributed by atoms with Crippen molar-refractivity contribution in [3.63, 3.8) is 0 Å². The molecule has 0 unspecified atom stereocenters. The van der Waals surface area contributed by atoms with Crippen molar-refractivity contribution in [1.29, 1.82) is 0 Å². The molecule has 0 aliphatic heterocycles. The van der Waals surface area contributed by atoms with Gasteiger partial charge in [0.05, 0.1) is 0 Å². The van der Waals surface area contributed by atoms with Crippen LogP contribution < -0.4 is 5.73 Å². The smallest absolute Gasteiger partial charge is 0.330 e. The average molecular weight is 284 g/mol. The summed E-state index contributed by atoms with van der Waals surface area (Å²) in [5.41, 5.74) is 6.80. The molecule has 1 rings (SSSR count). The first-order chi connectivity index (χ1) is 8.72.